The lowest BCUT2D eigenvalue weighted by Crippen LogP contribution is -2.26. The standard InChI is InChI=1S/C20H26N2/c1-7-14-11-16-17-13(8-9-21-16)10-15(12-19(2,3)4)22-18(17)20(14,5)6/h8-11H,7,12H2,1-6H3. The highest BCUT2D eigenvalue weighted by Crippen LogP contribution is 2.42. The number of nitrogens with zero attached hydrogens (tertiary/aromatic N) is 2. The van der Waals surface area contributed by atoms with Gasteiger partial charge in [-0.25, -0.2) is 0 Å². The summed E-state index contributed by atoms with van der Waals surface area (Å²) in [6, 6.07) is 4.37. The van der Waals surface area contributed by atoms with Gasteiger partial charge in [0.05, 0.1) is 11.4 Å². The molecule has 2 heteroatoms. The highest BCUT2D eigenvalue weighted by molar-refractivity contribution is 5.94. The van der Waals surface area contributed by atoms with Crippen molar-refractivity contribution in [3.8, 4) is 0 Å². The molecule has 3 rings (SSSR count). The Kier molecular flexibility index (Phi) is 3.39. The number of allylic oxidation sites excluding steroid dienone is 1. The van der Waals surface area contributed by atoms with Crippen LogP contribution in [0.1, 0.15) is 65.0 Å². The Morgan fingerprint density at radius 2 is 1.91 bits per heavy atom. The molecule has 0 atom stereocenters. The molecule has 1 aliphatic rings. The second-order valence-corrected chi connectivity index (χ2v) is 8.14. The minimum Gasteiger partial charge on any atom is -0.256 e. The summed E-state index contributed by atoms with van der Waals surface area (Å²) in [6.45, 7) is 13.6. The first-order valence-corrected chi connectivity index (χ1v) is 8.22. The first-order valence-electron chi connectivity index (χ1n) is 8.22. The van der Waals surface area contributed by atoms with Gasteiger partial charge in [0.1, 0.15) is 0 Å². The monoisotopic (exact) mass is 294 g/mol. The molecule has 0 fully saturated rings. The van der Waals surface area contributed by atoms with Gasteiger partial charge in [-0.3, -0.25) is 9.97 Å². The van der Waals surface area contributed by atoms with Crippen molar-refractivity contribution in [2.75, 3.05) is 0 Å². The van der Waals surface area contributed by atoms with E-state index in [-0.39, 0.29) is 10.8 Å². The average Bonchev–Trinajstić information content (AvgIpc) is 2.40. The zero-order valence-electron chi connectivity index (χ0n) is 14.6. The molecule has 0 saturated heterocycles. The van der Waals surface area contributed by atoms with E-state index in [0.29, 0.717) is 0 Å². The predicted molar refractivity (Wildman–Crippen MR) is 94.0 cm³/mol. The molecule has 0 aromatic carbocycles. The van der Waals surface area contributed by atoms with Crippen LogP contribution in [0.25, 0.3) is 16.8 Å². The van der Waals surface area contributed by atoms with E-state index in [4.69, 9.17) is 4.98 Å². The van der Waals surface area contributed by atoms with Crippen molar-refractivity contribution in [2.24, 2.45) is 5.41 Å². The molecule has 2 aromatic heterocycles. The van der Waals surface area contributed by atoms with Crippen LogP contribution in [0.4, 0.5) is 0 Å². The molecule has 0 amide bonds. The lowest BCUT2D eigenvalue weighted by molar-refractivity contribution is 0.405. The fraction of sp³-hybridized carbons (Fsp3) is 0.500. The van der Waals surface area contributed by atoms with Gasteiger partial charge in [0.2, 0.25) is 0 Å². The Morgan fingerprint density at radius 3 is 2.55 bits per heavy atom. The van der Waals surface area contributed by atoms with Crippen LogP contribution in [-0.2, 0) is 11.8 Å². The van der Waals surface area contributed by atoms with Gasteiger partial charge in [-0.05, 0) is 41.9 Å². The molecule has 0 saturated carbocycles. The van der Waals surface area contributed by atoms with Crippen LogP contribution in [0.2, 0.25) is 0 Å². The molecular formula is C20H26N2. The summed E-state index contributed by atoms with van der Waals surface area (Å²) in [4.78, 5) is 9.68. The first kappa shape index (κ1) is 15.2. The lowest BCUT2D eigenvalue weighted by atomic mass is 9.73. The zero-order chi connectivity index (χ0) is 16.1. The molecule has 2 nitrogen and oxygen atoms in total. The average molecular weight is 294 g/mol. The molecule has 0 aliphatic heterocycles. The molecule has 0 spiro atoms. The Hall–Kier alpha value is -1.70. The quantitative estimate of drug-likeness (QED) is 0.750. The predicted octanol–water partition coefficient (Wildman–Crippen LogP) is 5.30. The highest BCUT2D eigenvalue weighted by Gasteiger charge is 2.33. The van der Waals surface area contributed by atoms with E-state index in [9.17, 15) is 0 Å². The third kappa shape index (κ3) is 2.45. The van der Waals surface area contributed by atoms with Crippen LogP contribution in [0.15, 0.2) is 23.9 Å². The van der Waals surface area contributed by atoms with E-state index in [2.05, 4.69) is 64.7 Å². The van der Waals surface area contributed by atoms with Crippen LogP contribution in [0.5, 0.6) is 0 Å². The number of aromatic nitrogens is 2. The molecule has 22 heavy (non-hydrogen) atoms. The lowest BCUT2D eigenvalue weighted by Gasteiger charge is -2.33. The van der Waals surface area contributed by atoms with E-state index in [1.807, 2.05) is 6.20 Å². The summed E-state index contributed by atoms with van der Waals surface area (Å²) in [6.07, 6.45) is 6.22. The summed E-state index contributed by atoms with van der Waals surface area (Å²) in [5.74, 6) is 0. The maximum atomic E-state index is 5.09. The van der Waals surface area contributed by atoms with Gasteiger partial charge >= 0.3 is 0 Å². The number of hydrogen-bond donors (Lipinski definition) is 0. The Labute approximate surface area is 133 Å². The van der Waals surface area contributed by atoms with E-state index in [1.165, 1.54) is 27.7 Å². The summed E-state index contributed by atoms with van der Waals surface area (Å²) < 4.78 is 0. The van der Waals surface area contributed by atoms with Crippen LogP contribution in [0.3, 0.4) is 0 Å². The van der Waals surface area contributed by atoms with Gasteiger partial charge in [0.25, 0.3) is 0 Å². The molecule has 0 N–H and O–H groups in total. The number of rotatable bonds is 2. The third-order valence-electron chi connectivity index (χ3n) is 4.62. The summed E-state index contributed by atoms with van der Waals surface area (Å²) in [7, 11) is 0. The van der Waals surface area contributed by atoms with Gasteiger partial charge in [0.15, 0.2) is 0 Å². The van der Waals surface area contributed by atoms with Gasteiger partial charge in [-0.2, -0.15) is 0 Å². The van der Waals surface area contributed by atoms with E-state index < -0.39 is 0 Å². The third-order valence-corrected chi connectivity index (χ3v) is 4.62. The summed E-state index contributed by atoms with van der Waals surface area (Å²) in [5, 5.41) is 2.51. The SMILES string of the molecule is CCC1=Cc2nccc3cc(CC(C)(C)C)nc(c23)C1(C)C. The van der Waals surface area contributed by atoms with Crippen LogP contribution >= 0.6 is 0 Å². The van der Waals surface area contributed by atoms with Gasteiger partial charge < -0.3 is 0 Å². The maximum absolute atomic E-state index is 5.09. The van der Waals surface area contributed by atoms with Gasteiger partial charge in [-0.15, -0.1) is 0 Å². The smallest absolute Gasteiger partial charge is 0.0726 e. The first-order chi connectivity index (χ1) is 10.2. The molecule has 2 heterocycles. The molecule has 116 valence electrons. The van der Waals surface area contributed by atoms with E-state index in [0.717, 1.165) is 18.5 Å². The second kappa shape index (κ2) is 4.91. The molecule has 1 aliphatic carbocycles. The summed E-state index contributed by atoms with van der Waals surface area (Å²) >= 11 is 0. The van der Waals surface area contributed by atoms with Crippen molar-refractivity contribution in [3.63, 3.8) is 0 Å². The van der Waals surface area contributed by atoms with Crippen molar-refractivity contribution in [2.45, 2.75) is 59.8 Å². The van der Waals surface area contributed by atoms with Crippen molar-refractivity contribution in [1.29, 1.82) is 0 Å². The van der Waals surface area contributed by atoms with Gasteiger partial charge in [0, 0.05) is 22.7 Å². The van der Waals surface area contributed by atoms with Gasteiger partial charge in [-0.1, -0.05) is 47.1 Å². The minimum absolute atomic E-state index is 0.0169. The van der Waals surface area contributed by atoms with Crippen molar-refractivity contribution in [3.05, 3.63) is 41.0 Å². The topological polar surface area (TPSA) is 25.8 Å². The fourth-order valence-electron chi connectivity index (χ4n) is 3.52. The number of hydrogen-bond acceptors (Lipinski definition) is 2. The molecular weight excluding hydrogens is 268 g/mol. The number of pyridine rings is 2. The summed E-state index contributed by atoms with van der Waals surface area (Å²) in [5.41, 5.74) is 5.12. The molecule has 0 bridgehead atoms. The van der Waals surface area contributed by atoms with E-state index in [1.54, 1.807) is 0 Å². The largest absolute Gasteiger partial charge is 0.256 e. The zero-order valence-corrected chi connectivity index (χ0v) is 14.6. The van der Waals surface area contributed by atoms with Crippen molar-refractivity contribution >= 4 is 16.8 Å². The normalized spacial score (nSPS) is 16.7. The van der Waals surface area contributed by atoms with Crippen LogP contribution in [0, 0.1) is 5.41 Å². The van der Waals surface area contributed by atoms with Crippen LogP contribution < -0.4 is 0 Å². The molecule has 0 unspecified atom stereocenters. The Balaban J connectivity index is 2.29. The van der Waals surface area contributed by atoms with Crippen molar-refractivity contribution in [1.82, 2.24) is 9.97 Å². The highest BCUT2D eigenvalue weighted by atomic mass is 14.8. The van der Waals surface area contributed by atoms with Crippen LogP contribution in [-0.4, -0.2) is 9.97 Å². The maximum Gasteiger partial charge on any atom is 0.0726 e. The Bertz CT molecular complexity index is 761. The van der Waals surface area contributed by atoms with E-state index >= 15 is 0 Å². The Morgan fingerprint density at radius 1 is 1.18 bits per heavy atom. The second-order valence-electron chi connectivity index (χ2n) is 8.14. The van der Waals surface area contributed by atoms with Crippen molar-refractivity contribution < 1.29 is 0 Å². The molecule has 0 radical (unpaired) electrons. The minimum atomic E-state index is -0.0169. The molecule has 2 aromatic rings. The fourth-order valence-corrected chi connectivity index (χ4v) is 3.52.